The molecular formula is C10H12N2O. The molecule has 0 radical (unpaired) electrons. The second kappa shape index (κ2) is 3.94. The lowest BCUT2D eigenvalue weighted by atomic mass is 10.1. The number of carbonyl (C=O) groups excluding carboxylic acids is 1. The summed E-state index contributed by atoms with van der Waals surface area (Å²) in [7, 11) is 0. The van der Waals surface area contributed by atoms with E-state index < -0.39 is 0 Å². The normalized spacial score (nSPS) is 9.69. The molecule has 0 aromatic carbocycles. The predicted molar refractivity (Wildman–Crippen MR) is 50.5 cm³/mol. The van der Waals surface area contributed by atoms with Crippen LogP contribution in [-0.2, 0) is 0 Å². The van der Waals surface area contributed by atoms with E-state index in [0.29, 0.717) is 17.9 Å². The standard InChI is InChI=1S/C10H12N2O/c1-7(2)6-10(13)9-4-5-11-8(3)12-9/h4-5H,1,6H2,2-3H3. The fraction of sp³-hybridized carbons (Fsp3) is 0.300. The molecule has 0 N–H and O–H groups in total. The van der Waals surface area contributed by atoms with Crippen molar-refractivity contribution in [1.29, 1.82) is 0 Å². The summed E-state index contributed by atoms with van der Waals surface area (Å²) in [6.07, 6.45) is 1.95. The van der Waals surface area contributed by atoms with Crippen molar-refractivity contribution < 1.29 is 4.79 Å². The molecule has 13 heavy (non-hydrogen) atoms. The summed E-state index contributed by atoms with van der Waals surface area (Å²) in [4.78, 5) is 19.4. The molecule has 68 valence electrons. The van der Waals surface area contributed by atoms with Crippen LogP contribution in [0.4, 0.5) is 0 Å². The Morgan fingerprint density at radius 2 is 2.31 bits per heavy atom. The molecule has 0 aliphatic heterocycles. The number of carbonyl (C=O) groups is 1. The molecule has 0 aliphatic carbocycles. The number of Topliss-reactive ketones (excluding diaryl/α,β-unsaturated/α-hetero) is 1. The van der Waals surface area contributed by atoms with Crippen LogP contribution in [0.3, 0.4) is 0 Å². The van der Waals surface area contributed by atoms with Crippen LogP contribution in [0.1, 0.15) is 29.7 Å². The van der Waals surface area contributed by atoms with E-state index in [-0.39, 0.29) is 5.78 Å². The minimum absolute atomic E-state index is 0.00185. The van der Waals surface area contributed by atoms with Crippen LogP contribution in [0, 0.1) is 6.92 Å². The molecule has 0 saturated carbocycles. The number of aromatic nitrogens is 2. The van der Waals surface area contributed by atoms with Crippen molar-refractivity contribution in [2.24, 2.45) is 0 Å². The summed E-state index contributed by atoms with van der Waals surface area (Å²) < 4.78 is 0. The van der Waals surface area contributed by atoms with Gasteiger partial charge in [-0.15, -0.1) is 0 Å². The van der Waals surface area contributed by atoms with Gasteiger partial charge in [0.25, 0.3) is 0 Å². The van der Waals surface area contributed by atoms with Crippen molar-refractivity contribution >= 4 is 5.78 Å². The maximum absolute atomic E-state index is 11.5. The van der Waals surface area contributed by atoms with E-state index in [2.05, 4.69) is 16.5 Å². The van der Waals surface area contributed by atoms with Gasteiger partial charge in [-0.05, 0) is 19.9 Å². The summed E-state index contributed by atoms with van der Waals surface area (Å²) in [5, 5.41) is 0. The van der Waals surface area contributed by atoms with E-state index in [0.717, 1.165) is 5.57 Å². The molecule has 3 heteroatoms. The van der Waals surface area contributed by atoms with Crippen molar-refractivity contribution in [3.8, 4) is 0 Å². The molecule has 0 aliphatic rings. The summed E-state index contributed by atoms with van der Waals surface area (Å²) in [6.45, 7) is 7.27. The van der Waals surface area contributed by atoms with Gasteiger partial charge in [0.05, 0.1) is 0 Å². The van der Waals surface area contributed by atoms with Crippen LogP contribution >= 0.6 is 0 Å². The zero-order valence-corrected chi connectivity index (χ0v) is 7.87. The highest BCUT2D eigenvalue weighted by Crippen LogP contribution is 2.04. The predicted octanol–water partition coefficient (Wildman–Crippen LogP) is 1.93. The Balaban J connectivity index is 2.83. The molecule has 1 rings (SSSR count). The fourth-order valence-electron chi connectivity index (χ4n) is 0.976. The first-order chi connectivity index (χ1) is 6.09. The SMILES string of the molecule is C=C(C)CC(=O)c1ccnc(C)n1. The molecule has 3 nitrogen and oxygen atoms in total. The van der Waals surface area contributed by atoms with Crippen molar-refractivity contribution in [1.82, 2.24) is 9.97 Å². The number of rotatable bonds is 3. The maximum atomic E-state index is 11.5. The second-order valence-corrected chi connectivity index (χ2v) is 3.05. The Morgan fingerprint density at radius 3 is 2.85 bits per heavy atom. The summed E-state index contributed by atoms with van der Waals surface area (Å²) in [5.74, 6) is 0.616. The summed E-state index contributed by atoms with van der Waals surface area (Å²) in [6, 6.07) is 1.62. The van der Waals surface area contributed by atoms with Crippen molar-refractivity contribution in [3.63, 3.8) is 0 Å². The minimum atomic E-state index is -0.00185. The quantitative estimate of drug-likeness (QED) is 0.522. The second-order valence-electron chi connectivity index (χ2n) is 3.05. The van der Waals surface area contributed by atoms with Gasteiger partial charge in [0, 0.05) is 12.6 Å². The number of ketones is 1. The van der Waals surface area contributed by atoms with Crippen LogP contribution in [-0.4, -0.2) is 15.8 Å². The van der Waals surface area contributed by atoms with Gasteiger partial charge in [-0.2, -0.15) is 0 Å². The first kappa shape index (κ1) is 9.58. The molecule has 1 aromatic rings. The molecular weight excluding hydrogens is 164 g/mol. The van der Waals surface area contributed by atoms with Gasteiger partial charge in [-0.1, -0.05) is 12.2 Å². The molecule has 1 heterocycles. The number of allylic oxidation sites excluding steroid dienone is 1. The molecule has 0 saturated heterocycles. The van der Waals surface area contributed by atoms with Gasteiger partial charge in [0.1, 0.15) is 11.5 Å². The minimum Gasteiger partial charge on any atom is -0.292 e. The zero-order chi connectivity index (χ0) is 9.84. The lowest BCUT2D eigenvalue weighted by molar-refractivity contribution is 0.0988. The third-order valence-corrected chi connectivity index (χ3v) is 1.52. The van der Waals surface area contributed by atoms with E-state index in [4.69, 9.17) is 0 Å². The molecule has 0 unspecified atom stereocenters. The zero-order valence-electron chi connectivity index (χ0n) is 7.87. The number of aryl methyl sites for hydroxylation is 1. The lowest BCUT2D eigenvalue weighted by Crippen LogP contribution is -2.04. The molecule has 1 aromatic heterocycles. The van der Waals surface area contributed by atoms with Gasteiger partial charge in [-0.25, -0.2) is 9.97 Å². The Bertz CT molecular complexity index is 345. The molecule has 0 spiro atoms. The van der Waals surface area contributed by atoms with E-state index in [1.165, 1.54) is 0 Å². The van der Waals surface area contributed by atoms with Crippen molar-refractivity contribution in [3.05, 3.63) is 35.9 Å². The summed E-state index contributed by atoms with van der Waals surface area (Å²) in [5.41, 5.74) is 1.32. The van der Waals surface area contributed by atoms with Crippen LogP contribution in [0.2, 0.25) is 0 Å². The van der Waals surface area contributed by atoms with Crippen LogP contribution < -0.4 is 0 Å². The number of nitrogens with zero attached hydrogens (tertiary/aromatic N) is 2. The Kier molecular flexibility index (Phi) is 2.90. The van der Waals surface area contributed by atoms with Gasteiger partial charge in [0.15, 0.2) is 5.78 Å². The Morgan fingerprint density at radius 1 is 1.62 bits per heavy atom. The number of hydrogen-bond donors (Lipinski definition) is 0. The first-order valence-electron chi connectivity index (χ1n) is 4.07. The van der Waals surface area contributed by atoms with E-state index >= 15 is 0 Å². The van der Waals surface area contributed by atoms with Gasteiger partial charge >= 0.3 is 0 Å². The Hall–Kier alpha value is -1.51. The van der Waals surface area contributed by atoms with Gasteiger partial charge < -0.3 is 0 Å². The monoisotopic (exact) mass is 176 g/mol. The first-order valence-corrected chi connectivity index (χ1v) is 4.07. The highest BCUT2D eigenvalue weighted by Gasteiger charge is 2.07. The average Bonchev–Trinajstić information content (AvgIpc) is 2.03. The smallest absolute Gasteiger partial charge is 0.185 e. The highest BCUT2D eigenvalue weighted by atomic mass is 16.1. The van der Waals surface area contributed by atoms with Crippen molar-refractivity contribution in [2.75, 3.05) is 0 Å². The molecule has 0 bridgehead atoms. The average molecular weight is 176 g/mol. The van der Waals surface area contributed by atoms with Crippen LogP contribution in [0.25, 0.3) is 0 Å². The summed E-state index contributed by atoms with van der Waals surface area (Å²) >= 11 is 0. The number of hydrogen-bond acceptors (Lipinski definition) is 3. The fourth-order valence-corrected chi connectivity index (χ4v) is 0.976. The molecule has 0 amide bonds. The van der Waals surface area contributed by atoms with Gasteiger partial charge in [0.2, 0.25) is 0 Å². The third-order valence-electron chi connectivity index (χ3n) is 1.52. The molecule has 0 fully saturated rings. The van der Waals surface area contributed by atoms with E-state index in [1.54, 1.807) is 19.2 Å². The Labute approximate surface area is 77.5 Å². The third kappa shape index (κ3) is 2.78. The molecule has 0 atom stereocenters. The van der Waals surface area contributed by atoms with Crippen LogP contribution in [0.5, 0.6) is 0 Å². The lowest BCUT2D eigenvalue weighted by Gasteiger charge is -1.99. The van der Waals surface area contributed by atoms with Crippen molar-refractivity contribution in [2.45, 2.75) is 20.3 Å². The highest BCUT2D eigenvalue weighted by molar-refractivity contribution is 5.95. The van der Waals surface area contributed by atoms with Gasteiger partial charge in [-0.3, -0.25) is 4.79 Å². The topological polar surface area (TPSA) is 42.9 Å². The van der Waals surface area contributed by atoms with E-state index in [9.17, 15) is 4.79 Å². The van der Waals surface area contributed by atoms with E-state index in [1.807, 2.05) is 6.92 Å². The van der Waals surface area contributed by atoms with Crippen LogP contribution in [0.15, 0.2) is 24.4 Å². The largest absolute Gasteiger partial charge is 0.292 e. The maximum Gasteiger partial charge on any atom is 0.185 e.